The highest BCUT2D eigenvalue weighted by Crippen LogP contribution is 2.35. The van der Waals surface area contributed by atoms with Gasteiger partial charge in [-0.2, -0.15) is 0 Å². The van der Waals surface area contributed by atoms with Crippen LogP contribution in [0, 0.1) is 13.8 Å². The average Bonchev–Trinajstić information content (AvgIpc) is 3.04. The molecule has 4 nitrogen and oxygen atoms in total. The zero-order valence-electron chi connectivity index (χ0n) is 15.4. The molecular weight excluding hydrogens is 330 g/mol. The Morgan fingerprint density at radius 1 is 1.24 bits per heavy atom. The van der Waals surface area contributed by atoms with Gasteiger partial charge in [0.1, 0.15) is 0 Å². The molecule has 25 heavy (non-hydrogen) atoms. The Bertz CT molecular complexity index is 767. The summed E-state index contributed by atoms with van der Waals surface area (Å²) in [6.07, 6.45) is 5.25. The topological polar surface area (TPSA) is 46.1 Å². The number of carbonyl (C=O) groups is 1. The van der Waals surface area contributed by atoms with Gasteiger partial charge >= 0.3 is 0 Å². The minimum Gasteiger partial charge on any atom is -0.339 e. The van der Waals surface area contributed by atoms with E-state index < -0.39 is 0 Å². The first-order chi connectivity index (χ1) is 12.0. The highest BCUT2D eigenvalue weighted by Gasteiger charge is 2.28. The summed E-state index contributed by atoms with van der Waals surface area (Å²) in [4.78, 5) is 23.7. The number of fused-ring (bicyclic) bond motifs is 1. The highest BCUT2D eigenvalue weighted by atomic mass is 32.2. The van der Waals surface area contributed by atoms with E-state index in [0.29, 0.717) is 12.8 Å². The molecule has 1 aliphatic rings. The Labute approximate surface area is 154 Å². The fraction of sp³-hybridized carbons (Fsp3) is 0.450. The Morgan fingerprint density at radius 2 is 1.92 bits per heavy atom. The third-order valence-electron chi connectivity index (χ3n) is 5.13. The van der Waals surface area contributed by atoms with Gasteiger partial charge in [0.25, 0.3) is 0 Å². The fourth-order valence-electron chi connectivity index (χ4n) is 3.68. The lowest BCUT2D eigenvalue weighted by Gasteiger charge is -2.25. The number of carbonyl (C=O) groups excluding carboxylic acids is 1. The van der Waals surface area contributed by atoms with Crippen LogP contribution in [-0.4, -0.2) is 34.1 Å². The lowest BCUT2D eigenvalue weighted by Crippen LogP contribution is -2.30. The summed E-state index contributed by atoms with van der Waals surface area (Å²) in [6.45, 7) is 4.01. The third kappa shape index (κ3) is 3.71. The molecule has 1 unspecified atom stereocenters. The summed E-state index contributed by atoms with van der Waals surface area (Å²) in [7, 11) is 1.93. The van der Waals surface area contributed by atoms with Crippen LogP contribution < -0.4 is 0 Å². The predicted octanol–water partition coefficient (Wildman–Crippen LogP) is 3.89. The zero-order chi connectivity index (χ0) is 18.0. The van der Waals surface area contributed by atoms with Crippen molar-refractivity contribution in [1.29, 1.82) is 0 Å². The van der Waals surface area contributed by atoms with Crippen LogP contribution in [0.1, 0.15) is 47.0 Å². The Morgan fingerprint density at radius 3 is 2.60 bits per heavy atom. The average molecular weight is 356 g/mol. The lowest BCUT2D eigenvalue weighted by atomic mass is 10.0. The van der Waals surface area contributed by atoms with Crippen LogP contribution in [0.15, 0.2) is 29.4 Å². The minimum atomic E-state index is 0.189. The first-order valence-corrected chi connectivity index (χ1v) is 9.95. The van der Waals surface area contributed by atoms with Gasteiger partial charge < -0.3 is 4.90 Å². The van der Waals surface area contributed by atoms with Crippen LogP contribution in [0.3, 0.4) is 0 Å². The van der Waals surface area contributed by atoms with E-state index in [-0.39, 0.29) is 11.9 Å². The van der Waals surface area contributed by atoms with Crippen LogP contribution in [0.25, 0.3) is 0 Å². The standard InChI is InChI=1S/C20H25N3OS/c1-13-16(14(2)22-20(21-13)25-4)10-12-19(24)23(3)18-11-9-15-7-5-6-8-17(15)18/h5-8,18H,9-12H2,1-4H3. The number of thioether (sulfide) groups is 1. The molecule has 0 saturated carbocycles. The molecule has 0 fully saturated rings. The smallest absolute Gasteiger partial charge is 0.223 e. The van der Waals surface area contributed by atoms with Gasteiger partial charge in [0.15, 0.2) is 5.16 Å². The van der Waals surface area contributed by atoms with Gasteiger partial charge in [0.2, 0.25) is 5.91 Å². The molecule has 1 heterocycles. The normalized spacial score (nSPS) is 15.9. The molecule has 1 atom stereocenters. The SMILES string of the molecule is CSc1nc(C)c(CCC(=O)N(C)C2CCc3ccccc32)c(C)n1. The van der Waals surface area contributed by atoms with E-state index in [1.807, 2.05) is 32.1 Å². The number of aryl methyl sites for hydroxylation is 3. The summed E-state index contributed by atoms with van der Waals surface area (Å²) in [5.74, 6) is 0.189. The maximum Gasteiger partial charge on any atom is 0.223 e. The summed E-state index contributed by atoms with van der Waals surface area (Å²) in [5, 5.41) is 0.796. The molecule has 2 aromatic rings. The predicted molar refractivity (Wildman–Crippen MR) is 102 cm³/mol. The first kappa shape index (κ1) is 17.9. The molecule has 3 rings (SSSR count). The monoisotopic (exact) mass is 355 g/mol. The van der Waals surface area contributed by atoms with Gasteiger partial charge in [-0.3, -0.25) is 4.79 Å². The van der Waals surface area contributed by atoms with Crippen LogP contribution in [0.5, 0.6) is 0 Å². The van der Waals surface area contributed by atoms with E-state index in [1.165, 1.54) is 11.1 Å². The molecule has 1 aromatic carbocycles. The fourth-order valence-corrected chi connectivity index (χ4v) is 4.14. The molecule has 0 aliphatic heterocycles. The van der Waals surface area contributed by atoms with Gasteiger partial charge in [-0.25, -0.2) is 9.97 Å². The first-order valence-electron chi connectivity index (χ1n) is 8.72. The second-order valence-corrected chi connectivity index (χ2v) is 7.39. The molecule has 0 spiro atoms. The Hall–Kier alpha value is -1.88. The van der Waals surface area contributed by atoms with E-state index in [1.54, 1.807) is 11.8 Å². The number of aromatic nitrogens is 2. The van der Waals surface area contributed by atoms with Crippen LogP contribution in [0.4, 0.5) is 0 Å². The molecule has 0 radical (unpaired) electrons. The van der Waals surface area contributed by atoms with E-state index >= 15 is 0 Å². The summed E-state index contributed by atoms with van der Waals surface area (Å²) < 4.78 is 0. The maximum atomic E-state index is 12.7. The number of benzene rings is 1. The largest absolute Gasteiger partial charge is 0.339 e. The van der Waals surface area contributed by atoms with E-state index in [9.17, 15) is 4.79 Å². The molecule has 1 aliphatic carbocycles. The van der Waals surface area contributed by atoms with Crippen LogP contribution in [0.2, 0.25) is 0 Å². The van der Waals surface area contributed by atoms with Crippen LogP contribution in [-0.2, 0) is 17.6 Å². The number of amides is 1. The molecule has 1 aromatic heterocycles. The minimum absolute atomic E-state index is 0.189. The number of rotatable bonds is 5. The summed E-state index contributed by atoms with van der Waals surface area (Å²) in [5.41, 5.74) is 5.75. The zero-order valence-corrected chi connectivity index (χ0v) is 16.2. The molecule has 0 saturated heterocycles. The molecule has 132 valence electrons. The maximum absolute atomic E-state index is 12.7. The second kappa shape index (κ2) is 7.56. The van der Waals surface area contributed by atoms with Crippen molar-refractivity contribution in [2.24, 2.45) is 0 Å². The van der Waals surface area contributed by atoms with Crippen molar-refractivity contribution in [2.75, 3.05) is 13.3 Å². The van der Waals surface area contributed by atoms with Crippen molar-refractivity contribution in [3.05, 3.63) is 52.3 Å². The number of hydrogen-bond donors (Lipinski definition) is 0. The number of nitrogens with zero attached hydrogens (tertiary/aromatic N) is 3. The van der Waals surface area contributed by atoms with Gasteiger partial charge in [0.05, 0.1) is 6.04 Å². The van der Waals surface area contributed by atoms with Crippen molar-refractivity contribution < 1.29 is 4.79 Å². The second-order valence-electron chi connectivity index (χ2n) is 6.62. The van der Waals surface area contributed by atoms with Crippen molar-refractivity contribution in [3.63, 3.8) is 0 Å². The molecular formula is C20H25N3OS. The van der Waals surface area contributed by atoms with Gasteiger partial charge in [0, 0.05) is 24.9 Å². The third-order valence-corrected chi connectivity index (χ3v) is 5.68. The van der Waals surface area contributed by atoms with Crippen molar-refractivity contribution in [3.8, 4) is 0 Å². The Balaban J connectivity index is 1.67. The summed E-state index contributed by atoms with van der Waals surface area (Å²) in [6, 6.07) is 8.67. The summed E-state index contributed by atoms with van der Waals surface area (Å²) >= 11 is 1.55. The van der Waals surface area contributed by atoms with Gasteiger partial charge in [-0.15, -0.1) is 0 Å². The van der Waals surface area contributed by atoms with Crippen LogP contribution >= 0.6 is 11.8 Å². The van der Waals surface area contributed by atoms with Crippen molar-refractivity contribution in [2.45, 2.75) is 50.7 Å². The Kier molecular flexibility index (Phi) is 5.42. The molecule has 5 heteroatoms. The highest BCUT2D eigenvalue weighted by molar-refractivity contribution is 7.98. The molecule has 0 bridgehead atoms. The van der Waals surface area contributed by atoms with E-state index in [0.717, 1.165) is 34.9 Å². The molecule has 0 N–H and O–H groups in total. The molecule has 1 amide bonds. The van der Waals surface area contributed by atoms with Gasteiger partial charge in [-0.05, 0) is 56.1 Å². The van der Waals surface area contributed by atoms with Gasteiger partial charge in [-0.1, -0.05) is 36.0 Å². The quantitative estimate of drug-likeness (QED) is 0.603. The van der Waals surface area contributed by atoms with E-state index in [4.69, 9.17) is 0 Å². The van der Waals surface area contributed by atoms with E-state index in [2.05, 4.69) is 34.2 Å². The van der Waals surface area contributed by atoms with Crippen molar-refractivity contribution in [1.82, 2.24) is 14.9 Å². The lowest BCUT2D eigenvalue weighted by molar-refractivity contribution is -0.132. The van der Waals surface area contributed by atoms with Crippen molar-refractivity contribution >= 4 is 17.7 Å². The number of hydrogen-bond acceptors (Lipinski definition) is 4.